The van der Waals surface area contributed by atoms with Crippen LogP contribution in [0, 0.1) is 12.7 Å². The van der Waals surface area contributed by atoms with E-state index in [1.165, 1.54) is 23.8 Å². The number of carbonyl (C=O) groups is 1. The van der Waals surface area contributed by atoms with Crippen LogP contribution in [0.15, 0.2) is 42.5 Å². The average molecular weight is 286 g/mol. The van der Waals surface area contributed by atoms with E-state index >= 15 is 0 Å². The second-order valence-corrected chi connectivity index (χ2v) is 5.46. The van der Waals surface area contributed by atoms with Crippen molar-refractivity contribution in [2.45, 2.75) is 26.7 Å². The Morgan fingerprint density at radius 3 is 2.62 bits per heavy atom. The van der Waals surface area contributed by atoms with Crippen molar-refractivity contribution in [3.63, 3.8) is 0 Å². The van der Waals surface area contributed by atoms with Crippen LogP contribution in [0.3, 0.4) is 0 Å². The van der Waals surface area contributed by atoms with Crippen LogP contribution in [0.4, 0.5) is 4.39 Å². The highest BCUT2D eigenvalue weighted by Gasteiger charge is 2.09. The minimum absolute atomic E-state index is 0.0928. The second-order valence-electron chi connectivity index (χ2n) is 5.46. The van der Waals surface area contributed by atoms with Gasteiger partial charge in [-0.3, -0.25) is 4.79 Å². The standard InChI is InChI=1S/C18H19FO2/c1-12(2)15-7-13(3)8-17(10-15)21-11-18(20)14-5-4-6-16(19)9-14/h4-10,12H,11H2,1-3H3. The van der Waals surface area contributed by atoms with Gasteiger partial charge in [-0.2, -0.15) is 0 Å². The predicted molar refractivity (Wildman–Crippen MR) is 81.5 cm³/mol. The Morgan fingerprint density at radius 2 is 1.95 bits per heavy atom. The zero-order chi connectivity index (χ0) is 15.4. The molecule has 0 unspecified atom stereocenters. The quantitative estimate of drug-likeness (QED) is 0.755. The molecule has 0 radical (unpaired) electrons. The van der Waals surface area contributed by atoms with E-state index in [9.17, 15) is 9.18 Å². The van der Waals surface area contributed by atoms with Gasteiger partial charge in [-0.15, -0.1) is 0 Å². The fourth-order valence-corrected chi connectivity index (χ4v) is 2.09. The molecule has 0 fully saturated rings. The number of Topliss-reactive ketones (excluding diaryl/α,β-unsaturated/α-hetero) is 1. The lowest BCUT2D eigenvalue weighted by Gasteiger charge is -2.11. The molecule has 2 aromatic rings. The summed E-state index contributed by atoms with van der Waals surface area (Å²) in [7, 11) is 0. The molecule has 0 saturated heterocycles. The van der Waals surface area contributed by atoms with Crippen LogP contribution in [-0.2, 0) is 0 Å². The maximum Gasteiger partial charge on any atom is 0.200 e. The molecule has 2 rings (SSSR count). The van der Waals surface area contributed by atoms with Gasteiger partial charge in [0.2, 0.25) is 0 Å². The molecule has 0 aliphatic rings. The van der Waals surface area contributed by atoms with E-state index in [1.807, 2.05) is 19.1 Å². The monoisotopic (exact) mass is 286 g/mol. The molecule has 0 amide bonds. The molecular weight excluding hydrogens is 267 g/mol. The molecule has 0 aliphatic carbocycles. The maximum absolute atomic E-state index is 13.1. The lowest BCUT2D eigenvalue weighted by Crippen LogP contribution is -2.12. The zero-order valence-electron chi connectivity index (χ0n) is 12.5. The molecular formula is C18H19FO2. The number of ketones is 1. The van der Waals surface area contributed by atoms with Crippen molar-refractivity contribution in [1.82, 2.24) is 0 Å². The molecule has 2 aromatic carbocycles. The largest absolute Gasteiger partial charge is 0.485 e. The molecule has 0 aliphatic heterocycles. The fraction of sp³-hybridized carbons (Fsp3) is 0.278. The summed E-state index contributed by atoms with van der Waals surface area (Å²) < 4.78 is 18.7. The number of halogens is 1. The number of carbonyl (C=O) groups excluding carboxylic acids is 1. The SMILES string of the molecule is Cc1cc(OCC(=O)c2cccc(F)c2)cc(C(C)C)c1. The smallest absolute Gasteiger partial charge is 0.200 e. The number of rotatable bonds is 5. The topological polar surface area (TPSA) is 26.3 Å². The van der Waals surface area contributed by atoms with Crippen LogP contribution in [0.25, 0.3) is 0 Å². The highest BCUT2D eigenvalue weighted by molar-refractivity contribution is 5.97. The van der Waals surface area contributed by atoms with Crippen molar-refractivity contribution in [2.75, 3.05) is 6.61 Å². The van der Waals surface area contributed by atoms with Crippen molar-refractivity contribution in [3.8, 4) is 5.75 Å². The summed E-state index contributed by atoms with van der Waals surface area (Å²) in [6.07, 6.45) is 0. The van der Waals surface area contributed by atoms with Crippen LogP contribution in [0.5, 0.6) is 5.75 Å². The Kier molecular flexibility index (Phi) is 4.73. The number of aryl methyl sites for hydroxylation is 1. The number of hydrogen-bond donors (Lipinski definition) is 0. The maximum atomic E-state index is 13.1. The average Bonchev–Trinajstić information content (AvgIpc) is 2.44. The summed E-state index contributed by atoms with van der Waals surface area (Å²) >= 11 is 0. The summed E-state index contributed by atoms with van der Waals surface area (Å²) in [4.78, 5) is 12.0. The molecule has 0 aromatic heterocycles. The Labute approximate surface area is 124 Å². The summed E-state index contributed by atoms with van der Waals surface area (Å²) in [5.41, 5.74) is 2.59. The van der Waals surface area contributed by atoms with Gasteiger partial charge < -0.3 is 4.74 Å². The van der Waals surface area contributed by atoms with Crippen molar-refractivity contribution < 1.29 is 13.9 Å². The van der Waals surface area contributed by atoms with E-state index < -0.39 is 5.82 Å². The van der Waals surface area contributed by atoms with Crippen LogP contribution in [0.2, 0.25) is 0 Å². The molecule has 0 saturated carbocycles. The minimum atomic E-state index is -0.418. The van der Waals surface area contributed by atoms with Gasteiger partial charge in [0.1, 0.15) is 11.6 Å². The third-order valence-corrected chi connectivity index (χ3v) is 3.26. The molecule has 3 heteroatoms. The van der Waals surface area contributed by atoms with E-state index in [4.69, 9.17) is 4.74 Å². The first-order chi connectivity index (χ1) is 9.95. The van der Waals surface area contributed by atoms with Crippen molar-refractivity contribution in [3.05, 3.63) is 65.0 Å². The molecule has 2 nitrogen and oxygen atoms in total. The summed E-state index contributed by atoms with van der Waals surface area (Å²) in [5.74, 6) is 0.412. The van der Waals surface area contributed by atoms with Crippen LogP contribution in [0.1, 0.15) is 41.3 Å². The van der Waals surface area contributed by atoms with Gasteiger partial charge >= 0.3 is 0 Å². The Balaban J connectivity index is 2.08. The number of ether oxygens (including phenoxy) is 1. The highest BCUT2D eigenvalue weighted by Crippen LogP contribution is 2.23. The van der Waals surface area contributed by atoms with Crippen molar-refractivity contribution in [2.24, 2.45) is 0 Å². The molecule has 21 heavy (non-hydrogen) atoms. The van der Waals surface area contributed by atoms with Crippen LogP contribution >= 0.6 is 0 Å². The van der Waals surface area contributed by atoms with Gasteiger partial charge in [0.25, 0.3) is 0 Å². The minimum Gasteiger partial charge on any atom is -0.485 e. The third kappa shape index (κ3) is 4.15. The highest BCUT2D eigenvalue weighted by atomic mass is 19.1. The molecule has 0 spiro atoms. The van der Waals surface area contributed by atoms with Crippen molar-refractivity contribution >= 4 is 5.78 Å². The van der Waals surface area contributed by atoms with Crippen LogP contribution in [-0.4, -0.2) is 12.4 Å². The fourth-order valence-electron chi connectivity index (χ4n) is 2.09. The summed E-state index contributed by atoms with van der Waals surface area (Å²) in [5, 5.41) is 0. The van der Waals surface area contributed by atoms with Gasteiger partial charge in [0.05, 0.1) is 0 Å². The molecule has 0 N–H and O–H groups in total. The third-order valence-electron chi connectivity index (χ3n) is 3.26. The molecule has 0 bridgehead atoms. The van der Waals surface area contributed by atoms with Gasteiger partial charge in [-0.25, -0.2) is 4.39 Å². The van der Waals surface area contributed by atoms with E-state index in [0.717, 1.165) is 5.56 Å². The normalized spacial score (nSPS) is 10.7. The molecule has 110 valence electrons. The van der Waals surface area contributed by atoms with E-state index in [-0.39, 0.29) is 12.4 Å². The first kappa shape index (κ1) is 15.2. The van der Waals surface area contributed by atoms with Gasteiger partial charge in [0.15, 0.2) is 12.4 Å². The van der Waals surface area contributed by atoms with Crippen LogP contribution < -0.4 is 4.74 Å². The van der Waals surface area contributed by atoms with E-state index in [0.29, 0.717) is 17.2 Å². The van der Waals surface area contributed by atoms with E-state index in [2.05, 4.69) is 19.9 Å². The summed E-state index contributed by atoms with van der Waals surface area (Å²) in [6, 6.07) is 11.6. The van der Waals surface area contributed by atoms with E-state index in [1.54, 1.807) is 6.07 Å². The predicted octanol–water partition coefficient (Wildman–Crippen LogP) is 4.52. The lowest BCUT2D eigenvalue weighted by atomic mass is 10.0. The molecule has 0 atom stereocenters. The Bertz CT molecular complexity index is 647. The number of hydrogen-bond acceptors (Lipinski definition) is 2. The Hall–Kier alpha value is -2.16. The first-order valence-electron chi connectivity index (χ1n) is 6.99. The second kappa shape index (κ2) is 6.53. The Morgan fingerprint density at radius 1 is 1.19 bits per heavy atom. The first-order valence-corrected chi connectivity index (χ1v) is 6.99. The van der Waals surface area contributed by atoms with Gasteiger partial charge in [-0.1, -0.05) is 32.0 Å². The molecule has 0 heterocycles. The summed E-state index contributed by atoms with van der Waals surface area (Å²) in [6.45, 7) is 6.12. The van der Waals surface area contributed by atoms with Gasteiger partial charge in [0, 0.05) is 5.56 Å². The lowest BCUT2D eigenvalue weighted by molar-refractivity contribution is 0.0921. The number of benzene rings is 2. The van der Waals surface area contributed by atoms with Crippen molar-refractivity contribution in [1.29, 1.82) is 0 Å². The zero-order valence-corrected chi connectivity index (χ0v) is 12.5. The van der Waals surface area contributed by atoms with Gasteiger partial charge in [-0.05, 0) is 48.2 Å².